The first kappa shape index (κ1) is 13.4. The van der Waals surface area contributed by atoms with Crippen molar-refractivity contribution in [2.45, 2.75) is 12.1 Å². The third-order valence-electron chi connectivity index (χ3n) is 3.65. The summed E-state index contributed by atoms with van der Waals surface area (Å²) in [6, 6.07) is 17.7. The summed E-state index contributed by atoms with van der Waals surface area (Å²) in [6.45, 7) is 0. The van der Waals surface area contributed by atoms with Crippen molar-refractivity contribution in [1.29, 1.82) is 0 Å². The average molecular weight is 281 g/mol. The Bertz CT molecular complexity index is 654. The van der Waals surface area contributed by atoms with Crippen molar-refractivity contribution in [1.82, 2.24) is 4.90 Å². The third-order valence-corrected chi connectivity index (χ3v) is 3.65. The van der Waals surface area contributed by atoms with Gasteiger partial charge in [-0.05, 0) is 17.7 Å². The normalized spacial score (nSPS) is 20.0. The van der Waals surface area contributed by atoms with Gasteiger partial charge < -0.3 is 9.64 Å². The van der Waals surface area contributed by atoms with Crippen molar-refractivity contribution in [3.05, 3.63) is 71.8 Å². The van der Waals surface area contributed by atoms with Gasteiger partial charge in [-0.3, -0.25) is 4.79 Å². The Morgan fingerprint density at radius 3 is 2.10 bits per heavy atom. The summed E-state index contributed by atoms with van der Waals surface area (Å²) in [4.78, 5) is 26.0. The SMILES string of the molecule is COC(=O)[C@H]1[C@@H](c2ccccc2)N1C(=O)c1ccccc1. The van der Waals surface area contributed by atoms with Crippen molar-refractivity contribution in [3.63, 3.8) is 0 Å². The molecule has 1 heterocycles. The Labute approximate surface area is 123 Å². The Hall–Kier alpha value is -2.62. The first-order valence-electron chi connectivity index (χ1n) is 6.74. The van der Waals surface area contributed by atoms with Crippen LogP contribution in [0.15, 0.2) is 60.7 Å². The maximum Gasteiger partial charge on any atom is 0.331 e. The summed E-state index contributed by atoms with van der Waals surface area (Å²) < 4.78 is 4.81. The zero-order valence-electron chi connectivity index (χ0n) is 11.6. The maximum absolute atomic E-state index is 12.5. The van der Waals surface area contributed by atoms with E-state index in [1.807, 2.05) is 36.4 Å². The monoisotopic (exact) mass is 281 g/mol. The fourth-order valence-electron chi connectivity index (χ4n) is 2.57. The molecule has 0 aliphatic carbocycles. The third kappa shape index (κ3) is 2.40. The van der Waals surface area contributed by atoms with E-state index in [0.29, 0.717) is 5.56 Å². The molecule has 0 N–H and O–H groups in total. The van der Waals surface area contributed by atoms with Gasteiger partial charge in [0, 0.05) is 5.56 Å². The predicted molar refractivity (Wildman–Crippen MR) is 77.6 cm³/mol. The van der Waals surface area contributed by atoms with Crippen LogP contribution < -0.4 is 0 Å². The minimum absolute atomic E-state index is 0.153. The molecule has 2 atom stereocenters. The van der Waals surface area contributed by atoms with E-state index in [9.17, 15) is 9.59 Å². The molecule has 1 aliphatic rings. The number of hydrogen-bond acceptors (Lipinski definition) is 3. The Morgan fingerprint density at radius 1 is 0.952 bits per heavy atom. The van der Waals surface area contributed by atoms with Gasteiger partial charge in [-0.2, -0.15) is 0 Å². The van der Waals surface area contributed by atoms with Crippen molar-refractivity contribution in [3.8, 4) is 0 Å². The van der Waals surface area contributed by atoms with Gasteiger partial charge in [0.2, 0.25) is 0 Å². The molecule has 0 spiro atoms. The van der Waals surface area contributed by atoms with Crippen LogP contribution in [0.25, 0.3) is 0 Å². The quantitative estimate of drug-likeness (QED) is 0.641. The van der Waals surface area contributed by atoms with Gasteiger partial charge >= 0.3 is 5.97 Å². The lowest BCUT2D eigenvalue weighted by Gasteiger charge is -2.04. The van der Waals surface area contributed by atoms with Gasteiger partial charge in [-0.25, -0.2) is 4.79 Å². The van der Waals surface area contributed by atoms with Crippen molar-refractivity contribution in [2.24, 2.45) is 0 Å². The summed E-state index contributed by atoms with van der Waals surface area (Å²) in [7, 11) is 1.34. The van der Waals surface area contributed by atoms with Gasteiger partial charge in [0.05, 0.1) is 13.2 Å². The fourth-order valence-corrected chi connectivity index (χ4v) is 2.57. The number of carbonyl (C=O) groups is 2. The highest BCUT2D eigenvalue weighted by molar-refractivity contribution is 6.01. The van der Waals surface area contributed by atoms with Crippen LogP contribution in [0.3, 0.4) is 0 Å². The molecular formula is C17H15NO3. The van der Waals surface area contributed by atoms with Crippen LogP contribution in [-0.4, -0.2) is 29.9 Å². The summed E-state index contributed by atoms with van der Waals surface area (Å²) in [6.07, 6.45) is 0. The number of hydrogen-bond donors (Lipinski definition) is 0. The Morgan fingerprint density at radius 2 is 1.52 bits per heavy atom. The minimum atomic E-state index is -0.537. The van der Waals surface area contributed by atoms with Gasteiger partial charge in [0.1, 0.15) is 0 Å². The number of nitrogens with zero attached hydrogens (tertiary/aromatic N) is 1. The van der Waals surface area contributed by atoms with Crippen LogP contribution in [0.1, 0.15) is 22.0 Å². The van der Waals surface area contributed by atoms with Crippen LogP contribution in [0.5, 0.6) is 0 Å². The number of rotatable bonds is 3. The second-order valence-corrected chi connectivity index (χ2v) is 4.90. The van der Waals surface area contributed by atoms with Gasteiger partial charge in [0.15, 0.2) is 6.04 Å². The molecule has 1 saturated heterocycles. The standard InChI is InChI=1S/C17H15NO3/c1-21-17(20)15-14(12-8-4-2-5-9-12)18(15)16(19)13-10-6-3-7-11-13/h2-11,14-15H,1H3/t14-,15-,18?/m1/s1. The zero-order chi connectivity index (χ0) is 14.8. The van der Waals surface area contributed by atoms with Crippen LogP contribution in [-0.2, 0) is 9.53 Å². The molecule has 106 valence electrons. The molecular weight excluding hydrogens is 266 g/mol. The Balaban J connectivity index is 1.90. The molecule has 1 amide bonds. The number of carbonyl (C=O) groups excluding carboxylic acids is 2. The van der Waals surface area contributed by atoms with E-state index in [1.165, 1.54) is 7.11 Å². The average Bonchev–Trinajstić information content (AvgIpc) is 3.30. The molecule has 2 aromatic rings. The summed E-state index contributed by atoms with van der Waals surface area (Å²) in [5.41, 5.74) is 1.52. The molecule has 21 heavy (non-hydrogen) atoms. The van der Waals surface area contributed by atoms with E-state index in [1.54, 1.807) is 29.2 Å². The molecule has 2 aromatic carbocycles. The van der Waals surface area contributed by atoms with Crippen LogP contribution in [0.4, 0.5) is 0 Å². The summed E-state index contributed by atoms with van der Waals surface area (Å²) in [5, 5.41) is 0. The zero-order valence-corrected chi connectivity index (χ0v) is 11.6. The lowest BCUT2D eigenvalue weighted by atomic mass is 10.1. The molecule has 0 radical (unpaired) electrons. The number of ether oxygens (including phenoxy) is 1. The summed E-state index contributed by atoms with van der Waals surface area (Å²) >= 11 is 0. The number of benzene rings is 2. The van der Waals surface area contributed by atoms with E-state index >= 15 is 0 Å². The van der Waals surface area contributed by atoms with Crippen molar-refractivity contribution in [2.75, 3.05) is 7.11 Å². The molecule has 4 heteroatoms. The van der Waals surface area contributed by atoms with Crippen molar-refractivity contribution < 1.29 is 14.3 Å². The van der Waals surface area contributed by atoms with Crippen LogP contribution in [0.2, 0.25) is 0 Å². The highest BCUT2D eigenvalue weighted by atomic mass is 16.5. The number of methoxy groups -OCH3 is 1. The molecule has 1 fully saturated rings. The molecule has 3 rings (SSSR count). The van der Waals surface area contributed by atoms with Crippen molar-refractivity contribution >= 4 is 11.9 Å². The van der Waals surface area contributed by atoms with E-state index in [-0.39, 0.29) is 17.9 Å². The lowest BCUT2D eigenvalue weighted by Crippen LogP contribution is -2.19. The lowest BCUT2D eigenvalue weighted by molar-refractivity contribution is -0.140. The van der Waals surface area contributed by atoms with E-state index in [0.717, 1.165) is 5.56 Å². The second-order valence-electron chi connectivity index (χ2n) is 4.90. The topological polar surface area (TPSA) is 46.4 Å². The van der Waals surface area contributed by atoms with Gasteiger partial charge in [-0.15, -0.1) is 0 Å². The fraction of sp³-hybridized carbons (Fsp3) is 0.176. The van der Waals surface area contributed by atoms with Crippen LogP contribution in [0, 0.1) is 0 Å². The molecule has 0 unspecified atom stereocenters. The van der Waals surface area contributed by atoms with Gasteiger partial charge in [0.25, 0.3) is 5.91 Å². The summed E-state index contributed by atoms with van der Waals surface area (Å²) in [5.74, 6) is -0.534. The second kappa shape index (κ2) is 5.40. The molecule has 1 aliphatic heterocycles. The Kier molecular flexibility index (Phi) is 3.44. The predicted octanol–water partition coefficient (Wildman–Crippen LogP) is 2.43. The molecule has 0 saturated carbocycles. The number of esters is 1. The first-order valence-corrected chi connectivity index (χ1v) is 6.74. The molecule has 4 nitrogen and oxygen atoms in total. The first-order chi connectivity index (χ1) is 10.2. The highest BCUT2D eigenvalue weighted by Crippen LogP contribution is 2.44. The minimum Gasteiger partial charge on any atom is -0.467 e. The smallest absolute Gasteiger partial charge is 0.331 e. The highest BCUT2D eigenvalue weighted by Gasteiger charge is 2.57. The largest absolute Gasteiger partial charge is 0.467 e. The van der Waals surface area contributed by atoms with Crippen LogP contribution >= 0.6 is 0 Å². The van der Waals surface area contributed by atoms with E-state index < -0.39 is 6.04 Å². The number of amides is 1. The van der Waals surface area contributed by atoms with E-state index in [4.69, 9.17) is 4.74 Å². The molecule has 0 aromatic heterocycles. The van der Waals surface area contributed by atoms with E-state index in [2.05, 4.69) is 0 Å². The molecule has 0 bridgehead atoms. The van der Waals surface area contributed by atoms with Gasteiger partial charge in [-0.1, -0.05) is 48.5 Å². The maximum atomic E-state index is 12.5.